The van der Waals surface area contributed by atoms with E-state index in [0.29, 0.717) is 17.0 Å². The summed E-state index contributed by atoms with van der Waals surface area (Å²) in [5.74, 6) is 0.622. The van der Waals surface area contributed by atoms with Gasteiger partial charge < -0.3 is 8.85 Å². The van der Waals surface area contributed by atoms with E-state index in [1.54, 1.807) is 0 Å². The summed E-state index contributed by atoms with van der Waals surface area (Å²) in [4.78, 5) is 0. The van der Waals surface area contributed by atoms with Crippen LogP contribution in [0.2, 0.25) is 11.1 Å². The molecule has 0 rings (SSSR count). The average molecular weight is 232 g/mol. The molecule has 0 fully saturated rings. The van der Waals surface area contributed by atoms with Crippen molar-refractivity contribution in [2.45, 2.75) is 59.5 Å². The van der Waals surface area contributed by atoms with Gasteiger partial charge in [0.05, 0.1) is 0 Å². The van der Waals surface area contributed by atoms with Crippen LogP contribution < -0.4 is 0 Å². The van der Waals surface area contributed by atoms with E-state index < -0.39 is 8.56 Å². The number of hydrogen-bond donors (Lipinski definition) is 0. The van der Waals surface area contributed by atoms with Crippen LogP contribution in [0.25, 0.3) is 0 Å². The van der Waals surface area contributed by atoms with E-state index >= 15 is 0 Å². The zero-order chi connectivity index (χ0) is 12.1. The maximum absolute atomic E-state index is 6.07. The van der Waals surface area contributed by atoms with Crippen molar-refractivity contribution in [3.8, 4) is 0 Å². The summed E-state index contributed by atoms with van der Waals surface area (Å²) in [6.45, 7) is 16.9. The molecular weight excluding hydrogens is 204 g/mol. The molecular formula is C12H28O2Si. The molecule has 0 aliphatic carbocycles. The van der Waals surface area contributed by atoms with Gasteiger partial charge in [-0.1, -0.05) is 34.6 Å². The minimum atomic E-state index is -2.04. The third-order valence-electron chi connectivity index (χ3n) is 3.18. The van der Waals surface area contributed by atoms with Crippen molar-refractivity contribution in [2.24, 2.45) is 5.92 Å². The molecule has 0 aromatic carbocycles. The summed E-state index contributed by atoms with van der Waals surface area (Å²) in [7, 11) is -2.04. The molecule has 1 atom stereocenters. The molecule has 2 nitrogen and oxygen atoms in total. The monoisotopic (exact) mass is 232 g/mol. The highest BCUT2D eigenvalue weighted by atomic mass is 28.4. The highest BCUT2D eigenvalue weighted by molar-refractivity contribution is 6.70. The third-order valence-corrected chi connectivity index (χ3v) is 8.20. The quantitative estimate of drug-likeness (QED) is 0.619. The summed E-state index contributed by atoms with van der Waals surface area (Å²) in [5, 5.41) is 0. The third kappa shape index (κ3) is 3.57. The Morgan fingerprint density at radius 1 is 0.867 bits per heavy atom. The molecule has 0 aromatic heterocycles. The van der Waals surface area contributed by atoms with Crippen LogP contribution in [-0.2, 0) is 8.85 Å². The van der Waals surface area contributed by atoms with Crippen molar-refractivity contribution in [2.75, 3.05) is 13.2 Å². The lowest BCUT2D eigenvalue weighted by Crippen LogP contribution is -2.50. The Kier molecular flexibility index (Phi) is 6.72. The molecule has 0 aromatic rings. The van der Waals surface area contributed by atoms with Crippen molar-refractivity contribution in [1.82, 2.24) is 0 Å². The van der Waals surface area contributed by atoms with Gasteiger partial charge in [0.1, 0.15) is 0 Å². The fourth-order valence-corrected chi connectivity index (χ4v) is 6.24. The molecule has 3 heteroatoms. The molecule has 0 saturated heterocycles. The van der Waals surface area contributed by atoms with Crippen LogP contribution in [0.1, 0.15) is 48.5 Å². The van der Waals surface area contributed by atoms with Gasteiger partial charge in [-0.2, -0.15) is 0 Å². The Morgan fingerprint density at radius 2 is 1.27 bits per heavy atom. The molecule has 15 heavy (non-hydrogen) atoms. The second kappa shape index (κ2) is 6.66. The van der Waals surface area contributed by atoms with Gasteiger partial charge in [0.15, 0.2) is 0 Å². The first kappa shape index (κ1) is 15.1. The minimum absolute atomic E-state index is 0.509. The van der Waals surface area contributed by atoms with E-state index in [2.05, 4.69) is 48.5 Å². The van der Waals surface area contributed by atoms with Gasteiger partial charge in [-0.05, 0) is 25.3 Å². The van der Waals surface area contributed by atoms with Crippen LogP contribution in [0.4, 0.5) is 0 Å². The summed E-state index contributed by atoms with van der Waals surface area (Å²) in [6.07, 6.45) is 0. The first-order chi connectivity index (χ1) is 6.92. The van der Waals surface area contributed by atoms with Crippen molar-refractivity contribution >= 4 is 8.56 Å². The Labute approximate surface area is 96.6 Å². The Balaban J connectivity index is 4.92. The van der Waals surface area contributed by atoms with E-state index in [0.717, 1.165) is 13.2 Å². The van der Waals surface area contributed by atoms with E-state index in [1.807, 2.05) is 0 Å². The maximum atomic E-state index is 6.07. The van der Waals surface area contributed by atoms with Gasteiger partial charge in [0.2, 0.25) is 0 Å². The molecule has 1 unspecified atom stereocenters. The normalized spacial score (nSPS) is 15.0. The summed E-state index contributed by atoms with van der Waals surface area (Å²) in [5.41, 5.74) is 1.05. The summed E-state index contributed by atoms with van der Waals surface area (Å²) in [6, 6.07) is 0. The van der Waals surface area contributed by atoms with Gasteiger partial charge in [-0.25, -0.2) is 0 Å². The first-order valence-corrected chi connectivity index (χ1v) is 8.17. The van der Waals surface area contributed by atoms with Crippen molar-refractivity contribution in [3.05, 3.63) is 0 Å². The molecule has 0 bridgehead atoms. The van der Waals surface area contributed by atoms with Gasteiger partial charge >= 0.3 is 8.56 Å². The molecule has 92 valence electrons. The van der Waals surface area contributed by atoms with E-state index in [4.69, 9.17) is 8.85 Å². The zero-order valence-electron chi connectivity index (χ0n) is 11.5. The van der Waals surface area contributed by atoms with Gasteiger partial charge in [-0.15, -0.1) is 0 Å². The zero-order valence-corrected chi connectivity index (χ0v) is 12.5. The molecule has 0 heterocycles. The van der Waals surface area contributed by atoms with Crippen molar-refractivity contribution < 1.29 is 8.85 Å². The van der Waals surface area contributed by atoms with Crippen molar-refractivity contribution in [3.63, 3.8) is 0 Å². The second-order valence-electron chi connectivity index (χ2n) is 4.77. The van der Waals surface area contributed by atoms with Crippen LogP contribution in [0, 0.1) is 5.92 Å². The first-order valence-electron chi connectivity index (χ1n) is 6.20. The molecule has 0 amide bonds. The van der Waals surface area contributed by atoms with E-state index in [-0.39, 0.29) is 0 Å². The molecule has 0 radical (unpaired) electrons. The lowest BCUT2D eigenvalue weighted by Gasteiger charge is -2.40. The second-order valence-corrected chi connectivity index (χ2v) is 8.86. The lowest BCUT2D eigenvalue weighted by molar-refractivity contribution is 0.159. The molecule has 0 aliphatic heterocycles. The van der Waals surface area contributed by atoms with Crippen LogP contribution in [0.15, 0.2) is 0 Å². The standard InChI is InChI=1S/C12H28O2Si/c1-8-13-15(11(5)6,14-9-2)12(7)10(3)4/h10-12H,8-9H2,1-7H3. The molecule has 0 N–H and O–H groups in total. The predicted octanol–water partition coefficient (Wildman–Crippen LogP) is 3.96. The topological polar surface area (TPSA) is 18.5 Å². The summed E-state index contributed by atoms with van der Waals surface area (Å²) < 4.78 is 12.1. The average Bonchev–Trinajstić information content (AvgIpc) is 2.15. The number of hydrogen-bond acceptors (Lipinski definition) is 2. The maximum Gasteiger partial charge on any atom is 0.343 e. The van der Waals surface area contributed by atoms with Gasteiger partial charge in [-0.3, -0.25) is 0 Å². The van der Waals surface area contributed by atoms with Gasteiger partial charge in [0, 0.05) is 18.8 Å². The Bertz CT molecular complexity index is 163. The van der Waals surface area contributed by atoms with E-state index in [1.165, 1.54) is 0 Å². The highest BCUT2D eigenvalue weighted by Gasteiger charge is 2.47. The Morgan fingerprint density at radius 3 is 1.47 bits per heavy atom. The van der Waals surface area contributed by atoms with E-state index in [9.17, 15) is 0 Å². The van der Waals surface area contributed by atoms with Crippen LogP contribution in [0.5, 0.6) is 0 Å². The molecule has 0 aliphatic rings. The summed E-state index contributed by atoms with van der Waals surface area (Å²) >= 11 is 0. The van der Waals surface area contributed by atoms with Crippen LogP contribution in [0.3, 0.4) is 0 Å². The smallest absolute Gasteiger partial charge is 0.343 e. The highest BCUT2D eigenvalue weighted by Crippen LogP contribution is 2.39. The minimum Gasteiger partial charge on any atom is -0.394 e. The lowest BCUT2D eigenvalue weighted by atomic mass is 10.1. The molecule has 0 saturated carbocycles. The van der Waals surface area contributed by atoms with Crippen LogP contribution >= 0.6 is 0 Å². The number of rotatable bonds is 7. The fraction of sp³-hybridized carbons (Fsp3) is 1.00. The predicted molar refractivity (Wildman–Crippen MR) is 68.4 cm³/mol. The fourth-order valence-electron chi connectivity index (χ4n) is 2.08. The SMILES string of the molecule is CCO[Si](OCC)(C(C)C)C(C)C(C)C. The largest absolute Gasteiger partial charge is 0.394 e. The van der Waals surface area contributed by atoms with Crippen LogP contribution in [-0.4, -0.2) is 21.8 Å². The van der Waals surface area contributed by atoms with Gasteiger partial charge in [0.25, 0.3) is 0 Å². The Hall–Kier alpha value is 0.137. The molecule has 0 spiro atoms. The van der Waals surface area contributed by atoms with Crippen molar-refractivity contribution in [1.29, 1.82) is 0 Å².